The lowest BCUT2D eigenvalue weighted by molar-refractivity contribution is -0.113. The Morgan fingerprint density at radius 1 is 1.17 bits per heavy atom. The SMILES string of the molecule is CCOc1cc(/C=C2/SC(=S)N(c3ccc(Br)cc3)C2=O)ccc1O[C@H](C)CC. The average molecular weight is 492 g/mol. The molecule has 1 amide bonds. The van der Waals surface area contributed by atoms with Gasteiger partial charge in [-0.05, 0) is 68.3 Å². The lowest BCUT2D eigenvalue weighted by atomic mass is 10.1. The molecule has 0 spiro atoms. The molecule has 3 rings (SSSR count). The predicted octanol–water partition coefficient (Wildman–Crippen LogP) is 6.43. The van der Waals surface area contributed by atoms with Crippen molar-refractivity contribution >= 4 is 61.9 Å². The summed E-state index contributed by atoms with van der Waals surface area (Å²) in [4.78, 5) is 15.1. The van der Waals surface area contributed by atoms with Crippen LogP contribution in [0.2, 0.25) is 0 Å². The van der Waals surface area contributed by atoms with E-state index in [0.29, 0.717) is 27.3 Å². The number of amides is 1. The van der Waals surface area contributed by atoms with Crippen LogP contribution in [0.3, 0.4) is 0 Å². The van der Waals surface area contributed by atoms with Crippen molar-refractivity contribution in [3.05, 3.63) is 57.4 Å². The van der Waals surface area contributed by atoms with Crippen LogP contribution in [0.25, 0.3) is 6.08 Å². The molecular formula is C22H22BrNO3S2. The van der Waals surface area contributed by atoms with Crippen LogP contribution in [-0.2, 0) is 4.79 Å². The summed E-state index contributed by atoms with van der Waals surface area (Å²) in [6.07, 6.45) is 2.85. The quantitative estimate of drug-likeness (QED) is 0.329. The number of hydrogen-bond donors (Lipinski definition) is 0. The van der Waals surface area contributed by atoms with Gasteiger partial charge in [-0.3, -0.25) is 9.69 Å². The van der Waals surface area contributed by atoms with Gasteiger partial charge in [-0.25, -0.2) is 0 Å². The highest BCUT2D eigenvalue weighted by atomic mass is 79.9. The van der Waals surface area contributed by atoms with E-state index in [0.717, 1.165) is 22.1 Å². The number of rotatable bonds is 7. The summed E-state index contributed by atoms with van der Waals surface area (Å²) in [5.41, 5.74) is 1.62. The van der Waals surface area contributed by atoms with Crippen LogP contribution in [0.4, 0.5) is 5.69 Å². The topological polar surface area (TPSA) is 38.8 Å². The van der Waals surface area contributed by atoms with E-state index in [4.69, 9.17) is 21.7 Å². The molecule has 1 aliphatic rings. The van der Waals surface area contributed by atoms with E-state index in [1.165, 1.54) is 11.8 Å². The molecule has 1 fully saturated rings. The van der Waals surface area contributed by atoms with E-state index < -0.39 is 0 Å². The Bertz CT molecular complexity index is 944. The first-order valence-corrected chi connectivity index (χ1v) is 11.4. The van der Waals surface area contributed by atoms with Gasteiger partial charge in [0.15, 0.2) is 15.8 Å². The fourth-order valence-corrected chi connectivity index (χ4v) is 4.28. The van der Waals surface area contributed by atoms with E-state index in [9.17, 15) is 4.79 Å². The number of anilines is 1. The van der Waals surface area contributed by atoms with Crippen LogP contribution in [-0.4, -0.2) is 22.9 Å². The van der Waals surface area contributed by atoms with Gasteiger partial charge in [0.25, 0.3) is 5.91 Å². The summed E-state index contributed by atoms with van der Waals surface area (Å²) in [6, 6.07) is 13.2. The van der Waals surface area contributed by atoms with E-state index >= 15 is 0 Å². The van der Waals surface area contributed by atoms with Crippen LogP contribution >= 0.6 is 39.9 Å². The number of carbonyl (C=O) groups is 1. The zero-order valence-corrected chi connectivity index (χ0v) is 19.7. The van der Waals surface area contributed by atoms with Crippen molar-refractivity contribution < 1.29 is 14.3 Å². The highest BCUT2D eigenvalue weighted by molar-refractivity contribution is 9.10. The Morgan fingerprint density at radius 3 is 2.55 bits per heavy atom. The molecule has 0 aliphatic carbocycles. The second-order valence-electron chi connectivity index (χ2n) is 6.47. The van der Waals surface area contributed by atoms with Crippen molar-refractivity contribution in [3.63, 3.8) is 0 Å². The van der Waals surface area contributed by atoms with E-state index in [2.05, 4.69) is 22.9 Å². The van der Waals surface area contributed by atoms with Crippen molar-refractivity contribution in [2.24, 2.45) is 0 Å². The van der Waals surface area contributed by atoms with Gasteiger partial charge < -0.3 is 9.47 Å². The first kappa shape index (κ1) is 21.9. The van der Waals surface area contributed by atoms with Gasteiger partial charge in [0, 0.05) is 4.47 Å². The monoisotopic (exact) mass is 491 g/mol. The number of halogens is 1. The summed E-state index contributed by atoms with van der Waals surface area (Å²) in [5, 5.41) is 0. The molecule has 0 aromatic heterocycles. The maximum atomic E-state index is 12.9. The Hall–Kier alpha value is -1.83. The van der Waals surface area contributed by atoms with Gasteiger partial charge in [0.05, 0.1) is 23.3 Å². The van der Waals surface area contributed by atoms with Gasteiger partial charge in [0.2, 0.25) is 0 Å². The van der Waals surface area contributed by atoms with Crippen molar-refractivity contribution in [1.82, 2.24) is 0 Å². The van der Waals surface area contributed by atoms with Gasteiger partial charge in [-0.15, -0.1) is 0 Å². The smallest absolute Gasteiger partial charge is 0.270 e. The third-order valence-corrected chi connectivity index (χ3v) is 6.18. The molecule has 0 unspecified atom stereocenters. The zero-order chi connectivity index (χ0) is 21.0. The minimum Gasteiger partial charge on any atom is -0.490 e. The van der Waals surface area contributed by atoms with E-state index in [-0.39, 0.29) is 12.0 Å². The molecule has 0 saturated carbocycles. The molecule has 4 nitrogen and oxygen atoms in total. The summed E-state index contributed by atoms with van der Waals surface area (Å²) in [6.45, 7) is 6.57. The van der Waals surface area contributed by atoms with Crippen LogP contribution in [0.5, 0.6) is 11.5 Å². The minimum absolute atomic E-state index is 0.0993. The normalized spacial score (nSPS) is 16.4. The first-order chi connectivity index (χ1) is 13.9. The molecule has 29 heavy (non-hydrogen) atoms. The van der Waals surface area contributed by atoms with Crippen LogP contribution < -0.4 is 14.4 Å². The van der Waals surface area contributed by atoms with Gasteiger partial charge >= 0.3 is 0 Å². The molecule has 0 radical (unpaired) electrons. The molecule has 1 heterocycles. The lowest BCUT2D eigenvalue weighted by Crippen LogP contribution is -2.27. The summed E-state index contributed by atoms with van der Waals surface area (Å²) in [5.74, 6) is 1.26. The van der Waals surface area contributed by atoms with Crippen molar-refractivity contribution in [2.45, 2.75) is 33.3 Å². The maximum Gasteiger partial charge on any atom is 0.270 e. The molecule has 2 aromatic carbocycles. The Labute approximate surface area is 189 Å². The molecule has 7 heteroatoms. The number of nitrogens with zero attached hydrogens (tertiary/aromatic N) is 1. The number of carbonyl (C=O) groups excluding carboxylic acids is 1. The number of thiocarbonyl (C=S) groups is 1. The Balaban J connectivity index is 1.87. The molecule has 0 N–H and O–H groups in total. The van der Waals surface area contributed by atoms with Crippen LogP contribution in [0.1, 0.15) is 32.8 Å². The van der Waals surface area contributed by atoms with Crippen molar-refractivity contribution in [2.75, 3.05) is 11.5 Å². The minimum atomic E-state index is -0.125. The zero-order valence-electron chi connectivity index (χ0n) is 16.5. The number of ether oxygens (including phenoxy) is 2. The molecule has 1 saturated heterocycles. The van der Waals surface area contributed by atoms with E-state index in [1.54, 1.807) is 4.90 Å². The Morgan fingerprint density at radius 2 is 1.90 bits per heavy atom. The molecule has 1 aliphatic heterocycles. The fraction of sp³-hybridized carbons (Fsp3) is 0.273. The van der Waals surface area contributed by atoms with Crippen molar-refractivity contribution in [3.8, 4) is 11.5 Å². The first-order valence-electron chi connectivity index (χ1n) is 9.40. The maximum absolute atomic E-state index is 12.9. The standard InChI is InChI=1S/C22H22BrNO3S2/c1-4-14(3)27-18-11-6-15(12-19(18)26-5-2)13-20-21(25)24(22(28)29-20)17-9-7-16(23)8-10-17/h6-14H,4-5H2,1-3H3/b20-13+/t14-/m1/s1. The molecular weight excluding hydrogens is 470 g/mol. The third kappa shape index (κ3) is 5.21. The van der Waals surface area contributed by atoms with Crippen LogP contribution in [0.15, 0.2) is 51.8 Å². The summed E-state index contributed by atoms with van der Waals surface area (Å²) in [7, 11) is 0. The highest BCUT2D eigenvalue weighted by Gasteiger charge is 2.33. The average Bonchev–Trinajstić information content (AvgIpc) is 2.98. The molecule has 2 aromatic rings. The lowest BCUT2D eigenvalue weighted by Gasteiger charge is -2.16. The molecule has 0 bridgehead atoms. The number of thioether (sulfide) groups is 1. The molecule has 152 valence electrons. The summed E-state index contributed by atoms with van der Waals surface area (Å²) < 4.78 is 13.2. The largest absolute Gasteiger partial charge is 0.490 e. The highest BCUT2D eigenvalue weighted by Crippen LogP contribution is 2.37. The Kier molecular flexibility index (Phi) is 7.38. The van der Waals surface area contributed by atoms with Gasteiger partial charge in [-0.1, -0.05) is 52.9 Å². The molecule has 1 atom stereocenters. The number of hydrogen-bond acceptors (Lipinski definition) is 5. The summed E-state index contributed by atoms with van der Waals surface area (Å²) >= 11 is 10.2. The van der Waals surface area contributed by atoms with Crippen LogP contribution in [0, 0.1) is 0 Å². The fourth-order valence-electron chi connectivity index (χ4n) is 2.71. The third-order valence-electron chi connectivity index (χ3n) is 4.35. The second-order valence-corrected chi connectivity index (χ2v) is 9.06. The van der Waals surface area contributed by atoms with Crippen molar-refractivity contribution in [1.29, 1.82) is 0 Å². The second kappa shape index (κ2) is 9.78. The number of benzene rings is 2. The predicted molar refractivity (Wildman–Crippen MR) is 128 cm³/mol. The van der Waals surface area contributed by atoms with Gasteiger partial charge in [0.1, 0.15) is 0 Å². The van der Waals surface area contributed by atoms with E-state index in [1.807, 2.05) is 62.4 Å². The van der Waals surface area contributed by atoms with Gasteiger partial charge in [-0.2, -0.15) is 0 Å².